The molecule has 8 nitrogen and oxygen atoms in total. The van der Waals surface area contributed by atoms with E-state index in [4.69, 9.17) is 14.2 Å². The van der Waals surface area contributed by atoms with Gasteiger partial charge in [-0.1, -0.05) is 0 Å². The second kappa shape index (κ2) is 12.3. The Kier molecular flexibility index (Phi) is 9.44. The topological polar surface area (TPSA) is 70.6 Å². The van der Waals surface area contributed by atoms with Gasteiger partial charge in [0.2, 0.25) is 0 Å². The maximum absolute atomic E-state index is 5.82. The van der Waals surface area contributed by atoms with Crippen molar-refractivity contribution in [3.05, 3.63) is 23.8 Å². The first kappa shape index (κ1) is 24.6. The number of ether oxygens (including phenoxy) is 3. The minimum atomic E-state index is 0.324. The van der Waals surface area contributed by atoms with Crippen LogP contribution < -0.4 is 20.1 Å². The van der Waals surface area contributed by atoms with Gasteiger partial charge in [-0.05, 0) is 44.4 Å². The minimum Gasteiger partial charge on any atom is -0.497 e. The van der Waals surface area contributed by atoms with Crippen molar-refractivity contribution >= 4 is 5.96 Å². The summed E-state index contributed by atoms with van der Waals surface area (Å²) in [5, 5.41) is 7.08. The fourth-order valence-electron chi connectivity index (χ4n) is 4.67. The third kappa shape index (κ3) is 7.53. The van der Waals surface area contributed by atoms with Gasteiger partial charge in [0.15, 0.2) is 5.96 Å². The number of guanidine groups is 1. The molecule has 2 aliphatic rings. The van der Waals surface area contributed by atoms with Crippen molar-refractivity contribution < 1.29 is 14.2 Å². The van der Waals surface area contributed by atoms with Crippen LogP contribution in [0.3, 0.4) is 0 Å². The predicted octanol–water partition coefficient (Wildman–Crippen LogP) is 1.94. The molecule has 0 spiro atoms. The fraction of sp³-hybridized carbons (Fsp3) is 0.708. The van der Waals surface area contributed by atoms with Gasteiger partial charge in [0, 0.05) is 65.0 Å². The molecule has 8 heteroatoms. The lowest BCUT2D eigenvalue weighted by molar-refractivity contribution is -0.0679. The van der Waals surface area contributed by atoms with Gasteiger partial charge in [0.1, 0.15) is 11.5 Å². The summed E-state index contributed by atoms with van der Waals surface area (Å²) in [5.41, 5.74) is 1.20. The Balaban J connectivity index is 1.38. The van der Waals surface area contributed by atoms with Gasteiger partial charge in [-0.3, -0.25) is 14.8 Å². The van der Waals surface area contributed by atoms with E-state index in [0.717, 1.165) is 76.1 Å². The SMILES string of the molecule is CN=C(NCCCN1CC(C)OC(C)C1)NC1CCN(Cc2cc(OC)cc(OC)c2)C1. The molecule has 2 N–H and O–H groups in total. The Bertz CT molecular complexity index is 712. The van der Waals surface area contributed by atoms with E-state index in [-0.39, 0.29) is 0 Å². The van der Waals surface area contributed by atoms with Crippen molar-refractivity contribution in [3.8, 4) is 11.5 Å². The third-order valence-electron chi connectivity index (χ3n) is 6.09. The molecule has 32 heavy (non-hydrogen) atoms. The summed E-state index contributed by atoms with van der Waals surface area (Å²) >= 11 is 0. The monoisotopic (exact) mass is 447 g/mol. The molecule has 3 rings (SSSR count). The van der Waals surface area contributed by atoms with E-state index >= 15 is 0 Å². The lowest BCUT2D eigenvalue weighted by Crippen LogP contribution is -2.47. The molecule has 0 amide bonds. The van der Waals surface area contributed by atoms with E-state index in [0.29, 0.717) is 18.2 Å². The number of benzene rings is 1. The summed E-state index contributed by atoms with van der Waals surface area (Å²) in [6.07, 6.45) is 2.84. The van der Waals surface area contributed by atoms with Crippen LogP contribution in [-0.4, -0.2) is 94.5 Å². The van der Waals surface area contributed by atoms with Gasteiger partial charge in [-0.2, -0.15) is 0 Å². The zero-order chi connectivity index (χ0) is 22.9. The first-order valence-electron chi connectivity index (χ1n) is 11.8. The predicted molar refractivity (Wildman–Crippen MR) is 129 cm³/mol. The van der Waals surface area contributed by atoms with E-state index in [1.165, 1.54) is 5.56 Å². The molecular weight excluding hydrogens is 406 g/mol. The van der Waals surface area contributed by atoms with Gasteiger partial charge in [-0.15, -0.1) is 0 Å². The van der Waals surface area contributed by atoms with E-state index < -0.39 is 0 Å². The molecule has 1 aromatic carbocycles. The van der Waals surface area contributed by atoms with Gasteiger partial charge < -0.3 is 24.8 Å². The van der Waals surface area contributed by atoms with Crippen molar-refractivity contribution in [2.75, 3.05) is 60.5 Å². The zero-order valence-corrected chi connectivity index (χ0v) is 20.4. The number of likely N-dealkylation sites (tertiary alicyclic amines) is 1. The van der Waals surface area contributed by atoms with Crippen LogP contribution in [0, 0.1) is 0 Å². The second-order valence-corrected chi connectivity index (χ2v) is 8.96. The molecule has 0 radical (unpaired) electrons. The van der Waals surface area contributed by atoms with Gasteiger partial charge in [-0.25, -0.2) is 0 Å². The van der Waals surface area contributed by atoms with E-state index in [9.17, 15) is 0 Å². The van der Waals surface area contributed by atoms with Crippen LogP contribution in [0.2, 0.25) is 0 Å². The number of rotatable bonds is 9. The highest BCUT2D eigenvalue weighted by Crippen LogP contribution is 2.24. The number of nitrogens with one attached hydrogen (secondary N) is 2. The van der Waals surface area contributed by atoms with Gasteiger partial charge in [0.25, 0.3) is 0 Å². The lowest BCUT2D eigenvalue weighted by Gasteiger charge is -2.35. The summed E-state index contributed by atoms with van der Waals surface area (Å²) in [7, 11) is 5.22. The first-order chi connectivity index (χ1) is 15.5. The van der Waals surface area contributed by atoms with Crippen LogP contribution in [0.4, 0.5) is 0 Å². The van der Waals surface area contributed by atoms with Gasteiger partial charge in [0.05, 0.1) is 26.4 Å². The minimum absolute atomic E-state index is 0.324. The fourth-order valence-corrected chi connectivity index (χ4v) is 4.67. The van der Waals surface area contributed by atoms with Crippen LogP contribution in [0.15, 0.2) is 23.2 Å². The summed E-state index contributed by atoms with van der Waals surface area (Å²) in [4.78, 5) is 9.38. The maximum Gasteiger partial charge on any atom is 0.191 e. The van der Waals surface area contributed by atoms with Crippen LogP contribution in [-0.2, 0) is 11.3 Å². The quantitative estimate of drug-likeness (QED) is 0.341. The third-order valence-corrected chi connectivity index (χ3v) is 6.09. The molecule has 2 heterocycles. The number of nitrogens with zero attached hydrogens (tertiary/aromatic N) is 3. The lowest BCUT2D eigenvalue weighted by atomic mass is 10.2. The smallest absolute Gasteiger partial charge is 0.191 e. The van der Waals surface area contributed by atoms with Crippen molar-refractivity contribution in [3.63, 3.8) is 0 Å². The molecule has 2 fully saturated rings. The van der Waals surface area contributed by atoms with Gasteiger partial charge >= 0.3 is 0 Å². The highest BCUT2D eigenvalue weighted by Gasteiger charge is 2.24. The van der Waals surface area contributed by atoms with E-state index in [2.05, 4.69) is 51.4 Å². The summed E-state index contributed by atoms with van der Waals surface area (Å²) in [6, 6.07) is 6.47. The molecule has 2 aliphatic heterocycles. The maximum atomic E-state index is 5.82. The molecule has 2 saturated heterocycles. The normalized spacial score (nSPS) is 25.0. The first-order valence-corrected chi connectivity index (χ1v) is 11.8. The largest absolute Gasteiger partial charge is 0.497 e. The standard InChI is InChI=1S/C24H41N5O3/c1-18-14-28(15-19(2)32-18)9-6-8-26-24(25-3)27-21-7-10-29(17-21)16-20-11-22(30-4)13-23(12-20)31-5/h11-13,18-19,21H,6-10,14-17H2,1-5H3,(H2,25,26,27). The van der Waals surface area contributed by atoms with Crippen LogP contribution in [0.1, 0.15) is 32.3 Å². The Morgan fingerprint density at radius 3 is 2.38 bits per heavy atom. The number of morpholine rings is 1. The molecule has 3 unspecified atom stereocenters. The molecule has 0 aromatic heterocycles. The Morgan fingerprint density at radius 1 is 1.06 bits per heavy atom. The Labute approximate surface area is 193 Å². The van der Waals surface area contributed by atoms with Crippen LogP contribution in [0.25, 0.3) is 0 Å². The summed E-state index contributed by atoms with van der Waals surface area (Å²) in [5.74, 6) is 2.56. The molecule has 0 saturated carbocycles. The summed E-state index contributed by atoms with van der Waals surface area (Å²) in [6.45, 7) is 11.3. The van der Waals surface area contributed by atoms with Crippen LogP contribution >= 0.6 is 0 Å². The molecular formula is C24H41N5O3. The summed E-state index contributed by atoms with van der Waals surface area (Å²) < 4.78 is 16.6. The van der Waals surface area contributed by atoms with Crippen LogP contribution in [0.5, 0.6) is 11.5 Å². The number of aliphatic imine (C=N–C) groups is 1. The van der Waals surface area contributed by atoms with Crippen molar-refractivity contribution in [1.29, 1.82) is 0 Å². The number of hydrogen-bond donors (Lipinski definition) is 2. The Morgan fingerprint density at radius 2 is 1.75 bits per heavy atom. The molecule has 180 valence electrons. The molecule has 1 aromatic rings. The number of hydrogen-bond acceptors (Lipinski definition) is 6. The molecule has 3 atom stereocenters. The van der Waals surface area contributed by atoms with E-state index in [1.54, 1.807) is 14.2 Å². The van der Waals surface area contributed by atoms with Crippen molar-refractivity contribution in [2.24, 2.45) is 4.99 Å². The molecule has 0 bridgehead atoms. The van der Waals surface area contributed by atoms with E-state index in [1.807, 2.05) is 13.1 Å². The second-order valence-electron chi connectivity index (χ2n) is 8.96. The molecule has 0 aliphatic carbocycles. The average Bonchev–Trinajstić information content (AvgIpc) is 3.21. The highest BCUT2D eigenvalue weighted by atomic mass is 16.5. The van der Waals surface area contributed by atoms with Crippen molar-refractivity contribution in [1.82, 2.24) is 20.4 Å². The Hall–Kier alpha value is -2.03. The highest BCUT2D eigenvalue weighted by molar-refractivity contribution is 5.80. The average molecular weight is 448 g/mol. The number of methoxy groups -OCH3 is 2. The van der Waals surface area contributed by atoms with Crippen molar-refractivity contribution in [2.45, 2.75) is 51.5 Å². The zero-order valence-electron chi connectivity index (χ0n) is 20.4.